The first-order chi connectivity index (χ1) is 10.8. The molecule has 0 spiro atoms. The molecule has 1 amide bonds. The summed E-state index contributed by atoms with van der Waals surface area (Å²) < 4.78 is 1.54. The predicted octanol–water partition coefficient (Wildman–Crippen LogP) is 0.608. The van der Waals surface area contributed by atoms with E-state index in [0.717, 1.165) is 5.69 Å². The number of amides is 1. The Morgan fingerprint density at radius 3 is 2.61 bits per heavy atom. The molecule has 2 aromatic rings. The number of anilines is 1. The number of carbonyl (C=O) groups excluding carboxylic acids is 1. The Balaban J connectivity index is 2.29. The van der Waals surface area contributed by atoms with Crippen molar-refractivity contribution in [3.63, 3.8) is 0 Å². The highest BCUT2D eigenvalue weighted by Gasteiger charge is 2.19. The van der Waals surface area contributed by atoms with E-state index in [1.807, 2.05) is 27.7 Å². The molecule has 0 fully saturated rings. The van der Waals surface area contributed by atoms with Crippen LogP contribution in [0.25, 0.3) is 5.82 Å². The van der Waals surface area contributed by atoms with Gasteiger partial charge in [-0.2, -0.15) is 10.1 Å². The molecule has 0 unspecified atom stereocenters. The molecule has 0 aliphatic heterocycles. The van der Waals surface area contributed by atoms with Crippen LogP contribution in [0.1, 0.15) is 35.7 Å². The van der Waals surface area contributed by atoms with Gasteiger partial charge in [0.15, 0.2) is 11.5 Å². The summed E-state index contributed by atoms with van der Waals surface area (Å²) in [4.78, 5) is 20.5. The Kier molecular flexibility index (Phi) is 4.95. The van der Waals surface area contributed by atoms with E-state index in [2.05, 4.69) is 20.4 Å². The van der Waals surface area contributed by atoms with Crippen molar-refractivity contribution >= 4 is 11.9 Å². The van der Waals surface area contributed by atoms with Crippen molar-refractivity contribution < 1.29 is 9.90 Å². The van der Waals surface area contributed by atoms with Gasteiger partial charge in [0.2, 0.25) is 5.95 Å². The second-order valence-electron chi connectivity index (χ2n) is 5.82. The first kappa shape index (κ1) is 16.9. The van der Waals surface area contributed by atoms with E-state index in [1.165, 1.54) is 0 Å². The van der Waals surface area contributed by atoms with Crippen molar-refractivity contribution in [1.29, 1.82) is 0 Å². The third-order valence-electron chi connectivity index (χ3n) is 3.51. The minimum absolute atomic E-state index is 0.120. The average Bonchev–Trinajstić information content (AvgIpc) is 2.85. The quantitative estimate of drug-likeness (QED) is 0.743. The first-order valence-corrected chi connectivity index (χ1v) is 7.41. The van der Waals surface area contributed by atoms with Crippen molar-refractivity contribution in [3.05, 3.63) is 29.2 Å². The molecule has 0 bridgehead atoms. The smallest absolute Gasteiger partial charge is 0.272 e. The van der Waals surface area contributed by atoms with Crippen LogP contribution in [0.5, 0.6) is 0 Å². The zero-order chi connectivity index (χ0) is 17.1. The standard InChI is InChI=1S/C15H22N6O2/c1-8(2)12(7-22)18-14(23)11-6-10(4)21(20-11)13-5-9(3)17-15(16)19-13/h5-6,8,12,22H,7H2,1-4H3,(H,18,23)(H2,16,17,19)/t12-/m0/s1. The lowest BCUT2D eigenvalue weighted by Crippen LogP contribution is -2.41. The molecule has 0 radical (unpaired) electrons. The van der Waals surface area contributed by atoms with Crippen molar-refractivity contribution in [3.8, 4) is 5.82 Å². The molecular weight excluding hydrogens is 296 g/mol. The molecule has 4 N–H and O–H groups in total. The van der Waals surface area contributed by atoms with Gasteiger partial charge in [0.05, 0.1) is 12.6 Å². The van der Waals surface area contributed by atoms with Gasteiger partial charge >= 0.3 is 0 Å². The number of aryl methyl sites for hydroxylation is 2. The number of aliphatic hydroxyl groups excluding tert-OH is 1. The normalized spacial score (nSPS) is 12.4. The second-order valence-corrected chi connectivity index (χ2v) is 5.82. The minimum Gasteiger partial charge on any atom is -0.394 e. The summed E-state index contributed by atoms with van der Waals surface area (Å²) in [5.74, 6) is 0.449. The lowest BCUT2D eigenvalue weighted by molar-refractivity contribution is 0.0891. The van der Waals surface area contributed by atoms with Crippen molar-refractivity contribution in [1.82, 2.24) is 25.1 Å². The first-order valence-electron chi connectivity index (χ1n) is 7.41. The maximum absolute atomic E-state index is 12.3. The Labute approximate surface area is 134 Å². The van der Waals surface area contributed by atoms with Gasteiger partial charge < -0.3 is 16.2 Å². The fraction of sp³-hybridized carbons (Fsp3) is 0.467. The van der Waals surface area contributed by atoms with Crippen molar-refractivity contribution in [2.45, 2.75) is 33.7 Å². The number of nitrogens with zero attached hydrogens (tertiary/aromatic N) is 4. The summed E-state index contributed by atoms with van der Waals surface area (Å²) in [5, 5.41) is 16.4. The lowest BCUT2D eigenvalue weighted by atomic mass is 10.1. The number of nitrogens with one attached hydrogen (secondary N) is 1. The molecule has 2 aromatic heterocycles. The van der Waals surface area contributed by atoms with Crippen molar-refractivity contribution in [2.75, 3.05) is 12.3 Å². The third-order valence-corrected chi connectivity index (χ3v) is 3.51. The van der Waals surface area contributed by atoms with Crippen LogP contribution in [0.4, 0.5) is 5.95 Å². The summed E-state index contributed by atoms with van der Waals surface area (Å²) in [7, 11) is 0. The van der Waals surface area contributed by atoms with Crippen LogP contribution in [-0.4, -0.2) is 43.4 Å². The van der Waals surface area contributed by atoms with Crippen LogP contribution in [0.15, 0.2) is 12.1 Å². The van der Waals surface area contributed by atoms with Crippen LogP contribution in [0.2, 0.25) is 0 Å². The Morgan fingerprint density at radius 2 is 2.04 bits per heavy atom. The summed E-state index contributed by atoms with van der Waals surface area (Å²) in [6.07, 6.45) is 0. The van der Waals surface area contributed by atoms with E-state index in [0.29, 0.717) is 11.5 Å². The highest BCUT2D eigenvalue weighted by atomic mass is 16.3. The molecule has 2 rings (SSSR count). The topological polar surface area (TPSA) is 119 Å². The van der Waals surface area contributed by atoms with E-state index >= 15 is 0 Å². The second kappa shape index (κ2) is 6.74. The molecule has 1 atom stereocenters. The van der Waals surface area contributed by atoms with E-state index in [-0.39, 0.29) is 36.1 Å². The fourth-order valence-corrected chi connectivity index (χ4v) is 2.17. The number of aromatic nitrogens is 4. The Hall–Kier alpha value is -2.48. The zero-order valence-corrected chi connectivity index (χ0v) is 13.7. The molecule has 0 saturated heterocycles. The Bertz CT molecular complexity index is 690. The number of hydrogen-bond donors (Lipinski definition) is 3. The minimum atomic E-state index is -0.335. The maximum Gasteiger partial charge on any atom is 0.272 e. The molecule has 8 nitrogen and oxygen atoms in total. The number of rotatable bonds is 5. The summed E-state index contributed by atoms with van der Waals surface area (Å²) in [5.41, 5.74) is 7.39. The monoisotopic (exact) mass is 318 g/mol. The van der Waals surface area contributed by atoms with E-state index in [9.17, 15) is 9.90 Å². The van der Waals surface area contributed by atoms with E-state index in [4.69, 9.17) is 5.73 Å². The molecule has 0 aliphatic carbocycles. The molecule has 0 saturated carbocycles. The van der Waals surface area contributed by atoms with Crippen LogP contribution >= 0.6 is 0 Å². The largest absolute Gasteiger partial charge is 0.394 e. The number of carbonyl (C=O) groups is 1. The van der Waals surface area contributed by atoms with Gasteiger partial charge in [-0.05, 0) is 25.8 Å². The number of nitrogen functional groups attached to an aromatic ring is 1. The molecule has 8 heteroatoms. The molecule has 0 aliphatic rings. The van der Waals surface area contributed by atoms with Crippen LogP contribution in [-0.2, 0) is 0 Å². The summed E-state index contributed by atoms with van der Waals surface area (Å²) in [6, 6.07) is 3.09. The highest BCUT2D eigenvalue weighted by Crippen LogP contribution is 2.13. The van der Waals surface area contributed by atoms with Gasteiger partial charge in [0, 0.05) is 17.5 Å². The molecule has 23 heavy (non-hydrogen) atoms. The predicted molar refractivity (Wildman–Crippen MR) is 86.2 cm³/mol. The van der Waals surface area contributed by atoms with Gasteiger partial charge in [-0.15, -0.1) is 0 Å². The van der Waals surface area contributed by atoms with Gasteiger partial charge in [0.25, 0.3) is 5.91 Å². The average molecular weight is 318 g/mol. The SMILES string of the molecule is Cc1cc(-n2nc(C(=O)N[C@@H](CO)C(C)C)cc2C)nc(N)n1. The van der Waals surface area contributed by atoms with Gasteiger partial charge in [-0.25, -0.2) is 9.67 Å². The number of hydrogen-bond acceptors (Lipinski definition) is 6. The highest BCUT2D eigenvalue weighted by molar-refractivity contribution is 5.92. The maximum atomic E-state index is 12.3. The number of nitrogens with two attached hydrogens (primary N) is 1. The van der Waals surface area contributed by atoms with E-state index < -0.39 is 0 Å². The van der Waals surface area contributed by atoms with Crippen LogP contribution < -0.4 is 11.1 Å². The molecule has 2 heterocycles. The third kappa shape index (κ3) is 3.84. The molecular formula is C15H22N6O2. The zero-order valence-electron chi connectivity index (χ0n) is 13.7. The van der Waals surface area contributed by atoms with Gasteiger partial charge in [-0.3, -0.25) is 4.79 Å². The van der Waals surface area contributed by atoms with Gasteiger partial charge in [-0.1, -0.05) is 13.8 Å². The number of aliphatic hydroxyl groups is 1. The summed E-state index contributed by atoms with van der Waals surface area (Å²) in [6.45, 7) is 7.37. The van der Waals surface area contributed by atoms with Crippen molar-refractivity contribution in [2.24, 2.45) is 5.92 Å². The molecule has 0 aromatic carbocycles. The van der Waals surface area contributed by atoms with Crippen LogP contribution in [0, 0.1) is 19.8 Å². The lowest BCUT2D eigenvalue weighted by Gasteiger charge is -2.19. The van der Waals surface area contributed by atoms with Crippen LogP contribution in [0.3, 0.4) is 0 Å². The van der Waals surface area contributed by atoms with Gasteiger partial charge in [0.1, 0.15) is 0 Å². The van der Waals surface area contributed by atoms with E-state index in [1.54, 1.807) is 16.8 Å². The fourth-order valence-electron chi connectivity index (χ4n) is 2.17. The summed E-state index contributed by atoms with van der Waals surface area (Å²) >= 11 is 0. The Morgan fingerprint density at radius 1 is 1.35 bits per heavy atom. The molecule has 124 valence electrons.